The van der Waals surface area contributed by atoms with Gasteiger partial charge in [-0.15, -0.1) is 0 Å². The Morgan fingerprint density at radius 2 is 1.76 bits per heavy atom. The van der Waals surface area contributed by atoms with Crippen molar-refractivity contribution in [3.05, 3.63) is 83.3 Å². The molecule has 0 saturated carbocycles. The van der Waals surface area contributed by atoms with Gasteiger partial charge in [0.25, 0.3) is 5.91 Å². The lowest BCUT2D eigenvalue weighted by molar-refractivity contribution is 0.0945. The van der Waals surface area contributed by atoms with Crippen molar-refractivity contribution in [1.29, 1.82) is 0 Å². The fourth-order valence-electron chi connectivity index (χ4n) is 2.40. The van der Waals surface area contributed by atoms with Crippen LogP contribution in [0.5, 0.6) is 0 Å². The molecule has 0 spiro atoms. The average Bonchev–Trinajstić information content (AvgIpc) is 2.65. The molecule has 2 aromatic carbocycles. The predicted octanol–water partition coefficient (Wildman–Crippen LogP) is 3.77. The normalized spacial score (nSPS) is 10.3. The Bertz CT molecular complexity index is 861. The summed E-state index contributed by atoms with van der Waals surface area (Å²) in [4.78, 5) is 20.6. The zero-order valence-electron chi connectivity index (χ0n) is 14.3. The van der Waals surface area contributed by atoms with E-state index in [0.29, 0.717) is 18.1 Å². The fourth-order valence-corrected chi connectivity index (χ4v) is 2.40. The monoisotopic (exact) mass is 332 g/mol. The zero-order valence-corrected chi connectivity index (χ0v) is 14.3. The van der Waals surface area contributed by atoms with E-state index in [4.69, 9.17) is 0 Å². The van der Waals surface area contributed by atoms with Gasteiger partial charge in [-0.25, -0.2) is 9.97 Å². The van der Waals surface area contributed by atoms with Gasteiger partial charge in [0.2, 0.25) is 0 Å². The van der Waals surface area contributed by atoms with Crippen LogP contribution in [0.25, 0.3) is 0 Å². The van der Waals surface area contributed by atoms with Gasteiger partial charge in [0.1, 0.15) is 11.5 Å². The van der Waals surface area contributed by atoms with E-state index in [1.165, 1.54) is 11.8 Å². The van der Waals surface area contributed by atoms with Gasteiger partial charge in [0, 0.05) is 12.2 Å². The molecule has 5 heteroatoms. The van der Waals surface area contributed by atoms with E-state index in [1.807, 2.05) is 42.5 Å². The van der Waals surface area contributed by atoms with Gasteiger partial charge in [-0.3, -0.25) is 4.79 Å². The summed E-state index contributed by atoms with van der Waals surface area (Å²) in [6.45, 7) is 4.58. The van der Waals surface area contributed by atoms with Crippen molar-refractivity contribution in [1.82, 2.24) is 15.3 Å². The maximum Gasteiger partial charge on any atom is 0.271 e. The number of carbonyl (C=O) groups is 1. The molecule has 0 fully saturated rings. The molecule has 0 aliphatic carbocycles. The van der Waals surface area contributed by atoms with E-state index in [1.54, 1.807) is 6.20 Å². The largest absolute Gasteiger partial charge is 0.347 e. The van der Waals surface area contributed by atoms with Gasteiger partial charge in [-0.05, 0) is 36.6 Å². The molecule has 0 bridgehead atoms. The van der Waals surface area contributed by atoms with E-state index in [-0.39, 0.29) is 5.91 Å². The maximum atomic E-state index is 12.2. The fraction of sp³-hybridized carbons (Fsp3) is 0.150. The Hall–Kier alpha value is -3.21. The van der Waals surface area contributed by atoms with Crippen LogP contribution in [-0.4, -0.2) is 15.9 Å². The number of hydrogen-bond donors (Lipinski definition) is 2. The average molecular weight is 332 g/mol. The molecule has 3 aromatic rings. The predicted molar refractivity (Wildman–Crippen MR) is 98.8 cm³/mol. The lowest BCUT2D eigenvalue weighted by Crippen LogP contribution is -2.24. The van der Waals surface area contributed by atoms with Crippen LogP contribution >= 0.6 is 0 Å². The summed E-state index contributed by atoms with van der Waals surface area (Å²) in [5.74, 6) is 0.364. The summed E-state index contributed by atoms with van der Waals surface area (Å²) in [7, 11) is 0. The van der Waals surface area contributed by atoms with Crippen LogP contribution in [0.1, 0.15) is 27.2 Å². The lowest BCUT2D eigenvalue weighted by Gasteiger charge is -2.10. The van der Waals surface area contributed by atoms with Crippen LogP contribution in [0.15, 0.2) is 60.9 Å². The highest BCUT2D eigenvalue weighted by molar-refractivity contribution is 5.92. The van der Waals surface area contributed by atoms with E-state index >= 15 is 0 Å². The summed E-state index contributed by atoms with van der Waals surface area (Å²) in [6, 6.07) is 15.8. The molecule has 2 N–H and O–H groups in total. The quantitative estimate of drug-likeness (QED) is 0.746. The summed E-state index contributed by atoms with van der Waals surface area (Å²) < 4.78 is 0. The van der Waals surface area contributed by atoms with Crippen molar-refractivity contribution in [2.24, 2.45) is 0 Å². The van der Waals surface area contributed by atoms with Crippen molar-refractivity contribution in [3.8, 4) is 0 Å². The minimum absolute atomic E-state index is 0.241. The SMILES string of the molecule is Cc1cccc(Nc2cnc(C(=O)NCc3ccccc3)cn2)c1C. The molecule has 0 aliphatic rings. The first-order valence-corrected chi connectivity index (χ1v) is 8.11. The van der Waals surface area contributed by atoms with Gasteiger partial charge in [0.05, 0.1) is 12.4 Å². The van der Waals surface area contributed by atoms with Crippen molar-refractivity contribution in [2.75, 3.05) is 5.32 Å². The van der Waals surface area contributed by atoms with Crippen LogP contribution in [0.4, 0.5) is 11.5 Å². The first kappa shape index (κ1) is 16.6. The Morgan fingerprint density at radius 3 is 2.48 bits per heavy atom. The second-order valence-electron chi connectivity index (χ2n) is 5.83. The molecule has 0 unspecified atom stereocenters. The Kier molecular flexibility index (Phi) is 5.04. The highest BCUT2D eigenvalue weighted by Crippen LogP contribution is 2.21. The lowest BCUT2D eigenvalue weighted by atomic mass is 10.1. The third-order valence-corrected chi connectivity index (χ3v) is 4.05. The number of nitrogens with one attached hydrogen (secondary N) is 2. The van der Waals surface area contributed by atoms with Crippen molar-refractivity contribution in [3.63, 3.8) is 0 Å². The molecule has 3 rings (SSSR count). The van der Waals surface area contributed by atoms with Crippen molar-refractivity contribution >= 4 is 17.4 Å². The third kappa shape index (κ3) is 4.20. The van der Waals surface area contributed by atoms with Gasteiger partial charge in [-0.1, -0.05) is 42.5 Å². The number of amides is 1. The topological polar surface area (TPSA) is 66.9 Å². The summed E-state index contributed by atoms with van der Waals surface area (Å²) in [6.07, 6.45) is 3.05. The van der Waals surface area contributed by atoms with Crippen molar-refractivity contribution in [2.45, 2.75) is 20.4 Å². The van der Waals surface area contributed by atoms with Gasteiger partial charge in [-0.2, -0.15) is 0 Å². The van der Waals surface area contributed by atoms with Crippen molar-refractivity contribution < 1.29 is 4.79 Å². The number of aryl methyl sites for hydroxylation is 1. The standard InChI is InChI=1S/C20H20N4O/c1-14-7-6-10-17(15(14)2)24-19-13-21-18(12-22-19)20(25)23-11-16-8-4-3-5-9-16/h3-10,12-13H,11H2,1-2H3,(H,22,24)(H,23,25). The number of aromatic nitrogens is 2. The van der Waals surface area contributed by atoms with E-state index in [2.05, 4.69) is 40.5 Å². The van der Waals surface area contributed by atoms with E-state index in [9.17, 15) is 4.79 Å². The minimum atomic E-state index is -0.241. The number of anilines is 2. The number of benzene rings is 2. The minimum Gasteiger partial charge on any atom is -0.347 e. The van der Waals surface area contributed by atoms with Crippen LogP contribution in [0, 0.1) is 13.8 Å². The molecule has 0 saturated heterocycles. The Balaban J connectivity index is 1.63. The van der Waals surface area contributed by atoms with Crippen LogP contribution < -0.4 is 10.6 Å². The highest BCUT2D eigenvalue weighted by Gasteiger charge is 2.08. The van der Waals surface area contributed by atoms with Crippen LogP contribution in [0.3, 0.4) is 0 Å². The number of nitrogens with zero attached hydrogens (tertiary/aromatic N) is 2. The summed E-state index contributed by atoms with van der Waals surface area (Å²) in [5, 5.41) is 6.07. The Morgan fingerprint density at radius 1 is 0.960 bits per heavy atom. The second kappa shape index (κ2) is 7.57. The molecule has 126 valence electrons. The molecule has 5 nitrogen and oxygen atoms in total. The van der Waals surface area contributed by atoms with Crippen LogP contribution in [-0.2, 0) is 6.54 Å². The maximum absolute atomic E-state index is 12.2. The zero-order chi connectivity index (χ0) is 17.6. The second-order valence-corrected chi connectivity index (χ2v) is 5.83. The molecule has 1 amide bonds. The smallest absolute Gasteiger partial charge is 0.271 e. The summed E-state index contributed by atoms with van der Waals surface area (Å²) >= 11 is 0. The molecule has 0 aliphatic heterocycles. The third-order valence-electron chi connectivity index (χ3n) is 4.05. The molecular weight excluding hydrogens is 312 g/mol. The number of carbonyl (C=O) groups excluding carboxylic acids is 1. The highest BCUT2D eigenvalue weighted by atomic mass is 16.1. The van der Waals surface area contributed by atoms with E-state index < -0.39 is 0 Å². The van der Waals surface area contributed by atoms with Gasteiger partial charge in [0.15, 0.2) is 0 Å². The molecule has 0 atom stereocenters. The summed E-state index contributed by atoms with van der Waals surface area (Å²) in [5.41, 5.74) is 4.68. The first-order valence-electron chi connectivity index (χ1n) is 8.11. The Labute approximate surface area is 147 Å². The number of hydrogen-bond acceptors (Lipinski definition) is 4. The molecular formula is C20H20N4O. The molecule has 25 heavy (non-hydrogen) atoms. The molecule has 1 heterocycles. The number of rotatable bonds is 5. The van der Waals surface area contributed by atoms with Gasteiger partial charge < -0.3 is 10.6 Å². The van der Waals surface area contributed by atoms with Gasteiger partial charge >= 0.3 is 0 Å². The van der Waals surface area contributed by atoms with E-state index in [0.717, 1.165) is 16.8 Å². The first-order chi connectivity index (χ1) is 12.1. The molecule has 1 aromatic heterocycles. The van der Waals surface area contributed by atoms with Crippen LogP contribution in [0.2, 0.25) is 0 Å². The molecule has 0 radical (unpaired) electrons.